The molecule has 2 aromatic rings. The Morgan fingerprint density at radius 3 is 2.79 bits per heavy atom. The number of carbonyl (C=O) groups excluding carboxylic acids is 1. The maximum Gasteiger partial charge on any atom is 0.325 e. The molecule has 0 atom stereocenters. The molecule has 0 radical (unpaired) electrons. The first kappa shape index (κ1) is 12.8. The Kier molecular flexibility index (Phi) is 3.60. The largest absolute Gasteiger partial charge is 0.325 e. The van der Waals surface area contributed by atoms with Gasteiger partial charge in [0.2, 0.25) is 5.91 Å². The molecule has 0 fully saturated rings. The van der Waals surface area contributed by atoms with E-state index in [4.69, 9.17) is 0 Å². The molecule has 8 heteroatoms. The van der Waals surface area contributed by atoms with E-state index in [-0.39, 0.29) is 18.7 Å². The van der Waals surface area contributed by atoms with Crippen LogP contribution in [-0.2, 0) is 11.2 Å². The fraction of sp³-hybridized carbons (Fsp3) is 0.273. The summed E-state index contributed by atoms with van der Waals surface area (Å²) < 4.78 is 0. The van der Waals surface area contributed by atoms with Gasteiger partial charge in [0.05, 0.1) is 6.20 Å². The molecule has 0 aliphatic heterocycles. The van der Waals surface area contributed by atoms with Gasteiger partial charge < -0.3 is 10.3 Å². The van der Waals surface area contributed by atoms with Crippen LogP contribution in [0.3, 0.4) is 0 Å². The molecule has 2 heterocycles. The second-order valence-electron chi connectivity index (χ2n) is 4.03. The summed E-state index contributed by atoms with van der Waals surface area (Å²) in [5, 5.41) is 8.90. The summed E-state index contributed by atoms with van der Waals surface area (Å²) in [7, 11) is 0. The van der Waals surface area contributed by atoms with Gasteiger partial charge in [0.25, 0.3) is 5.56 Å². The van der Waals surface area contributed by atoms with Crippen molar-refractivity contribution in [3.05, 3.63) is 44.4 Å². The zero-order valence-electron chi connectivity index (χ0n) is 10.2. The van der Waals surface area contributed by atoms with Crippen LogP contribution < -0.4 is 16.6 Å². The zero-order chi connectivity index (χ0) is 13.8. The highest BCUT2D eigenvalue weighted by Crippen LogP contribution is 2.03. The number of nitrogens with one attached hydrogen (secondary N) is 4. The van der Waals surface area contributed by atoms with Crippen molar-refractivity contribution in [2.75, 3.05) is 5.32 Å². The van der Waals surface area contributed by atoms with Gasteiger partial charge in [-0.05, 0) is 13.3 Å². The van der Waals surface area contributed by atoms with E-state index in [0.717, 1.165) is 0 Å². The van der Waals surface area contributed by atoms with E-state index in [0.29, 0.717) is 17.1 Å². The van der Waals surface area contributed by atoms with Crippen LogP contribution in [0.5, 0.6) is 0 Å². The van der Waals surface area contributed by atoms with Crippen molar-refractivity contribution in [2.24, 2.45) is 0 Å². The molecular weight excluding hydrogens is 250 g/mol. The number of hydrogen-bond donors (Lipinski definition) is 4. The van der Waals surface area contributed by atoms with Gasteiger partial charge in [-0.15, -0.1) is 0 Å². The lowest BCUT2D eigenvalue weighted by Crippen LogP contribution is -2.27. The van der Waals surface area contributed by atoms with Gasteiger partial charge >= 0.3 is 5.69 Å². The van der Waals surface area contributed by atoms with Gasteiger partial charge in [0.15, 0.2) is 0 Å². The summed E-state index contributed by atoms with van der Waals surface area (Å²) in [4.78, 5) is 38.8. The van der Waals surface area contributed by atoms with Gasteiger partial charge in [-0.3, -0.25) is 19.7 Å². The summed E-state index contributed by atoms with van der Waals surface area (Å²) in [5.74, 6) is 0.256. The smallest absolute Gasteiger partial charge is 0.311 e. The molecule has 0 aliphatic carbocycles. The lowest BCUT2D eigenvalue weighted by molar-refractivity contribution is -0.116. The van der Waals surface area contributed by atoms with Crippen molar-refractivity contribution in [3.63, 3.8) is 0 Å². The molecule has 0 bridgehead atoms. The highest BCUT2D eigenvalue weighted by molar-refractivity contribution is 5.89. The Labute approximate surface area is 107 Å². The number of anilines is 1. The standard InChI is InChI=1S/C11H13N5O3/c1-6-7(10(18)15-11(19)13-6)2-3-9(17)14-8-4-5-12-16-8/h4-5H,2-3H2,1H3,(H2,12,14,16,17)(H2,13,15,18,19). The van der Waals surface area contributed by atoms with Gasteiger partial charge in [0, 0.05) is 23.7 Å². The Hall–Kier alpha value is -2.64. The van der Waals surface area contributed by atoms with Crippen molar-refractivity contribution < 1.29 is 4.79 Å². The topological polar surface area (TPSA) is 124 Å². The molecule has 0 saturated carbocycles. The fourth-order valence-electron chi connectivity index (χ4n) is 1.70. The predicted octanol–water partition coefficient (Wildman–Crippen LogP) is -0.334. The number of carbonyl (C=O) groups is 1. The molecule has 4 N–H and O–H groups in total. The molecule has 0 saturated heterocycles. The van der Waals surface area contributed by atoms with E-state index in [1.807, 2.05) is 0 Å². The molecule has 0 aromatic carbocycles. The van der Waals surface area contributed by atoms with E-state index >= 15 is 0 Å². The highest BCUT2D eigenvalue weighted by atomic mass is 16.2. The predicted molar refractivity (Wildman–Crippen MR) is 68.0 cm³/mol. The molecule has 0 unspecified atom stereocenters. The number of H-pyrrole nitrogens is 3. The minimum Gasteiger partial charge on any atom is -0.311 e. The number of nitrogens with zero attached hydrogens (tertiary/aromatic N) is 1. The van der Waals surface area contributed by atoms with Crippen LogP contribution in [-0.4, -0.2) is 26.1 Å². The molecule has 8 nitrogen and oxygen atoms in total. The van der Waals surface area contributed by atoms with Crippen LogP contribution in [0.25, 0.3) is 0 Å². The van der Waals surface area contributed by atoms with Crippen molar-refractivity contribution >= 4 is 11.7 Å². The minimum atomic E-state index is -0.548. The molecule has 19 heavy (non-hydrogen) atoms. The first-order valence-electron chi connectivity index (χ1n) is 5.67. The average Bonchev–Trinajstić information content (AvgIpc) is 2.80. The quantitative estimate of drug-likeness (QED) is 0.602. The Balaban J connectivity index is 2.01. The van der Waals surface area contributed by atoms with Crippen LogP contribution in [0.1, 0.15) is 17.7 Å². The highest BCUT2D eigenvalue weighted by Gasteiger charge is 2.09. The number of aromatic nitrogens is 4. The third-order valence-corrected chi connectivity index (χ3v) is 2.63. The van der Waals surface area contributed by atoms with Crippen LogP contribution in [0.15, 0.2) is 21.9 Å². The van der Waals surface area contributed by atoms with Crippen LogP contribution in [0.4, 0.5) is 5.82 Å². The normalized spacial score (nSPS) is 10.4. The molecule has 1 amide bonds. The van der Waals surface area contributed by atoms with E-state index in [9.17, 15) is 14.4 Å². The summed E-state index contributed by atoms with van der Waals surface area (Å²) in [6.45, 7) is 1.62. The molecule has 0 spiro atoms. The lowest BCUT2D eigenvalue weighted by atomic mass is 10.1. The molecule has 0 aliphatic rings. The molecule has 2 aromatic heterocycles. The van der Waals surface area contributed by atoms with Crippen molar-refractivity contribution in [3.8, 4) is 0 Å². The van der Waals surface area contributed by atoms with Crippen LogP contribution >= 0.6 is 0 Å². The summed E-state index contributed by atoms with van der Waals surface area (Å²) >= 11 is 0. The van der Waals surface area contributed by atoms with Crippen LogP contribution in [0.2, 0.25) is 0 Å². The van der Waals surface area contributed by atoms with Gasteiger partial charge in [-0.1, -0.05) is 0 Å². The number of hydrogen-bond acceptors (Lipinski definition) is 4. The molecular formula is C11H13N5O3. The molecule has 2 rings (SSSR count). The number of rotatable bonds is 4. The van der Waals surface area contributed by atoms with Crippen molar-refractivity contribution in [2.45, 2.75) is 19.8 Å². The average molecular weight is 263 g/mol. The summed E-state index contributed by atoms with van der Waals surface area (Å²) in [6, 6.07) is 1.62. The monoisotopic (exact) mass is 263 g/mol. The Bertz CT molecular complexity index is 683. The van der Waals surface area contributed by atoms with E-state index in [2.05, 4.69) is 25.5 Å². The second kappa shape index (κ2) is 5.34. The lowest BCUT2D eigenvalue weighted by Gasteiger charge is -2.04. The summed E-state index contributed by atoms with van der Waals surface area (Å²) in [5.41, 5.74) is -0.133. The first-order valence-corrected chi connectivity index (χ1v) is 5.67. The van der Waals surface area contributed by atoms with Gasteiger partial charge in [0.1, 0.15) is 5.82 Å². The van der Waals surface area contributed by atoms with Crippen LogP contribution in [0, 0.1) is 6.92 Å². The SMILES string of the molecule is Cc1[nH]c(=O)[nH]c(=O)c1CCC(=O)Nc1ccn[nH]1. The number of amides is 1. The van der Waals surface area contributed by atoms with Gasteiger partial charge in [-0.25, -0.2) is 4.79 Å². The Morgan fingerprint density at radius 2 is 2.16 bits per heavy atom. The number of aromatic amines is 3. The van der Waals surface area contributed by atoms with E-state index in [1.54, 1.807) is 13.0 Å². The number of aryl methyl sites for hydroxylation is 1. The summed E-state index contributed by atoms with van der Waals surface area (Å²) in [6.07, 6.45) is 1.90. The second-order valence-corrected chi connectivity index (χ2v) is 4.03. The molecule has 100 valence electrons. The van der Waals surface area contributed by atoms with Gasteiger partial charge in [-0.2, -0.15) is 5.10 Å². The third kappa shape index (κ3) is 3.18. The zero-order valence-corrected chi connectivity index (χ0v) is 10.2. The van der Waals surface area contributed by atoms with Crippen molar-refractivity contribution in [1.29, 1.82) is 0 Å². The van der Waals surface area contributed by atoms with E-state index < -0.39 is 11.2 Å². The Morgan fingerprint density at radius 1 is 1.37 bits per heavy atom. The first-order chi connectivity index (χ1) is 9.06. The maximum atomic E-state index is 11.6. The third-order valence-electron chi connectivity index (χ3n) is 2.63. The minimum absolute atomic E-state index is 0.134. The van der Waals surface area contributed by atoms with E-state index in [1.165, 1.54) is 6.20 Å². The van der Waals surface area contributed by atoms with Crippen molar-refractivity contribution in [1.82, 2.24) is 20.2 Å². The maximum absolute atomic E-state index is 11.6. The fourth-order valence-corrected chi connectivity index (χ4v) is 1.70.